The van der Waals surface area contributed by atoms with E-state index in [1.54, 1.807) is 6.26 Å². The van der Waals surface area contributed by atoms with Gasteiger partial charge < -0.3 is 19.6 Å². The Hall–Kier alpha value is -2.35. The number of urea groups is 1. The van der Waals surface area contributed by atoms with Crippen molar-refractivity contribution >= 4 is 6.03 Å². The van der Waals surface area contributed by atoms with Crippen molar-refractivity contribution in [1.29, 1.82) is 0 Å². The highest BCUT2D eigenvalue weighted by molar-refractivity contribution is 5.73. The molecule has 2 aromatic heterocycles. The Labute approximate surface area is 147 Å². The number of aryl methyl sites for hydroxylation is 1. The number of likely N-dealkylation sites (N-methyl/N-ethyl adjacent to an activating group) is 1. The van der Waals surface area contributed by atoms with Gasteiger partial charge in [0.1, 0.15) is 11.6 Å². The molecule has 136 valence electrons. The van der Waals surface area contributed by atoms with Gasteiger partial charge in [-0.15, -0.1) is 10.2 Å². The van der Waals surface area contributed by atoms with E-state index in [9.17, 15) is 4.79 Å². The molecule has 2 N–H and O–H groups in total. The molecule has 1 aliphatic heterocycles. The highest BCUT2D eigenvalue weighted by Crippen LogP contribution is 2.17. The maximum Gasteiger partial charge on any atom is 0.315 e. The topological polar surface area (TPSA) is 88.2 Å². The van der Waals surface area contributed by atoms with E-state index in [2.05, 4.69) is 25.4 Å². The average Bonchev–Trinajstić information content (AvgIpc) is 3.18. The maximum absolute atomic E-state index is 12.1. The SMILES string of the molecule is CN(C)[C@@H](CNC(=O)NCc1nnc2n1CCCCC2)c1ccco1. The van der Waals surface area contributed by atoms with Crippen LogP contribution in [-0.2, 0) is 19.5 Å². The summed E-state index contributed by atoms with van der Waals surface area (Å²) in [6, 6.07) is 3.54. The number of hydrogen-bond acceptors (Lipinski definition) is 5. The summed E-state index contributed by atoms with van der Waals surface area (Å²) in [5, 5.41) is 14.2. The van der Waals surface area contributed by atoms with E-state index in [0.29, 0.717) is 13.1 Å². The predicted octanol–water partition coefficient (Wildman–Crippen LogP) is 1.70. The summed E-state index contributed by atoms with van der Waals surface area (Å²) >= 11 is 0. The minimum Gasteiger partial charge on any atom is -0.468 e. The van der Waals surface area contributed by atoms with Crippen LogP contribution in [0.4, 0.5) is 4.79 Å². The van der Waals surface area contributed by atoms with Gasteiger partial charge in [0, 0.05) is 19.5 Å². The van der Waals surface area contributed by atoms with Crippen LogP contribution in [0.3, 0.4) is 0 Å². The van der Waals surface area contributed by atoms with E-state index in [-0.39, 0.29) is 12.1 Å². The normalized spacial score (nSPS) is 15.5. The number of hydrogen-bond donors (Lipinski definition) is 2. The fourth-order valence-electron chi connectivity index (χ4n) is 3.11. The summed E-state index contributed by atoms with van der Waals surface area (Å²) in [7, 11) is 3.91. The molecule has 2 aromatic rings. The van der Waals surface area contributed by atoms with Crippen LogP contribution in [0.25, 0.3) is 0 Å². The van der Waals surface area contributed by atoms with E-state index in [0.717, 1.165) is 43.2 Å². The summed E-state index contributed by atoms with van der Waals surface area (Å²) in [4.78, 5) is 14.2. The molecule has 0 bridgehead atoms. The Balaban J connectivity index is 1.51. The third kappa shape index (κ3) is 4.39. The van der Waals surface area contributed by atoms with Gasteiger partial charge in [0.05, 0.1) is 18.8 Å². The van der Waals surface area contributed by atoms with Crippen LogP contribution < -0.4 is 10.6 Å². The van der Waals surface area contributed by atoms with Crippen LogP contribution in [0.2, 0.25) is 0 Å². The molecular weight excluding hydrogens is 320 g/mol. The van der Waals surface area contributed by atoms with E-state index in [1.807, 2.05) is 31.1 Å². The third-order valence-electron chi connectivity index (χ3n) is 4.54. The van der Waals surface area contributed by atoms with Crippen molar-refractivity contribution in [3.63, 3.8) is 0 Å². The number of rotatable bonds is 6. The van der Waals surface area contributed by atoms with Crippen molar-refractivity contribution in [1.82, 2.24) is 30.3 Å². The first kappa shape index (κ1) is 17.5. The number of aromatic nitrogens is 3. The van der Waals surface area contributed by atoms with Crippen molar-refractivity contribution in [2.24, 2.45) is 0 Å². The number of amides is 2. The maximum atomic E-state index is 12.1. The third-order valence-corrected chi connectivity index (χ3v) is 4.54. The molecule has 0 saturated carbocycles. The number of carbonyl (C=O) groups excluding carboxylic acids is 1. The molecule has 8 nitrogen and oxygen atoms in total. The number of carbonyl (C=O) groups is 1. The summed E-state index contributed by atoms with van der Waals surface area (Å²) in [5.41, 5.74) is 0. The molecule has 0 saturated heterocycles. The Bertz CT molecular complexity index is 679. The van der Waals surface area contributed by atoms with Crippen molar-refractivity contribution in [2.75, 3.05) is 20.6 Å². The zero-order chi connectivity index (χ0) is 17.6. The van der Waals surface area contributed by atoms with Crippen molar-refractivity contribution in [3.05, 3.63) is 35.8 Å². The summed E-state index contributed by atoms with van der Waals surface area (Å²) < 4.78 is 7.58. The minimum atomic E-state index is -0.218. The lowest BCUT2D eigenvalue weighted by Crippen LogP contribution is -2.40. The van der Waals surface area contributed by atoms with Crippen LogP contribution in [0.5, 0.6) is 0 Å². The Morgan fingerprint density at radius 1 is 1.32 bits per heavy atom. The molecule has 3 heterocycles. The van der Waals surface area contributed by atoms with Gasteiger partial charge in [-0.3, -0.25) is 4.90 Å². The summed E-state index contributed by atoms with van der Waals surface area (Å²) in [5.74, 6) is 2.68. The lowest BCUT2D eigenvalue weighted by atomic mass is 10.2. The molecule has 8 heteroatoms. The van der Waals surface area contributed by atoms with Gasteiger partial charge in [-0.25, -0.2) is 4.79 Å². The molecule has 3 rings (SSSR count). The van der Waals surface area contributed by atoms with Gasteiger partial charge in [-0.2, -0.15) is 0 Å². The first-order valence-corrected chi connectivity index (χ1v) is 8.77. The molecule has 0 aromatic carbocycles. The van der Waals surface area contributed by atoms with Gasteiger partial charge in [0.25, 0.3) is 0 Å². The Morgan fingerprint density at radius 2 is 2.20 bits per heavy atom. The standard InChI is InChI=1S/C17H26N6O2/c1-22(2)13(14-7-6-10-25-14)11-18-17(24)19-12-16-21-20-15-8-4-3-5-9-23(15)16/h6-7,10,13H,3-5,8-9,11-12H2,1-2H3,(H2,18,19,24)/t13-/m0/s1. The van der Waals surface area contributed by atoms with E-state index < -0.39 is 0 Å². The first-order chi connectivity index (χ1) is 12.1. The monoisotopic (exact) mass is 346 g/mol. The van der Waals surface area contributed by atoms with Gasteiger partial charge >= 0.3 is 6.03 Å². The van der Waals surface area contributed by atoms with Gasteiger partial charge in [0.2, 0.25) is 0 Å². The second-order valence-electron chi connectivity index (χ2n) is 6.55. The average molecular weight is 346 g/mol. The largest absolute Gasteiger partial charge is 0.468 e. The molecule has 0 radical (unpaired) electrons. The molecule has 0 unspecified atom stereocenters. The van der Waals surface area contributed by atoms with Crippen molar-refractivity contribution in [3.8, 4) is 0 Å². The zero-order valence-corrected chi connectivity index (χ0v) is 14.9. The quantitative estimate of drug-likeness (QED) is 0.831. The molecule has 1 atom stereocenters. The lowest BCUT2D eigenvalue weighted by Gasteiger charge is -2.22. The number of nitrogens with one attached hydrogen (secondary N) is 2. The molecule has 0 fully saturated rings. The smallest absolute Gasteiger partial charge is 0.315 e. The number of furan rings is 1. The van der Waals surface area contributed by atoms with Gasteiger partial charge in [0.15, 0.2) is 5.82 Å². The minimum absolute atomic E-state index is 0.00915. The second kappa shape index (κ2) is 8.15. The van der Waals surface area contributed by atoms with Crippen LogP contribution >= 0.6 is 0 Å². The van der Waals surface area contributed by atoms with E-state index in [4.69, 9.17) is 4.42 Å². The summed E-state index contributed by atoms with van der Waals surface area (Å²) in [6.07, 6.45) is 6.12. The van der Waals surface area contributed by atoms with Crippen LogP contribution in [0.1, 0.15) is 42.7 Å². The van der Waals surface area contributed by atoms with Crippen molar-refractivity contribution in [2.45, 2.75) is 44.8 Å². The van der Waals surface area contributed by atoms with E-state index >= 15 is 0 Å². The second-order valence-corrected chi connectivity index (χ2v) is 6.55. The van der Waals surface area contributed by atoms with Gasteiger partial charge in [-0.1, -0.05) is 6.42 Å². The van der Waals surface area contributed by atoms with Gasteiger partial charge in [-0.05, 0) is 39.1 Å². The first-order valence-electron chi connectivity index (χ1n) is 8.77. The van der Waals surface area contributed by atoms with Crippen LogP contribution in [0.15, 0.2) is 22.8 Å². The predicted molar refractivity (Wildman–Crippen MR) is 93.0 cm³/mol. The molecular formula is C17H26N6O2. The Morgan fingerprint density at radius 3 is 2.96 bits per heavy atom. The number of nitrogens with zero attached hydrogens (tertiary/aromatic N) is 4. The van der Waals surface area contributed by atoms with Crippen molar-refractivity contribution < 1.29 is 9.21 Å². The molecule has 0 spiro atoms. The fourth-order valence-corrected chi connectivity index (χ4v) is 3.11. The fraction of sp³-hybridized carbons (Fsp3) is 0.588. The summed E-state index contributed by atoms with van der Waals surface area (Å²) in [6.45, 7) is 1.78. The molecule has 2 amide bonds. The molecule has 0 aliphatic carbocycles. The highest BCUT2D eigenvalue weighted by Gasteiger charge is 2.18. The lowest BCUT2D eigenvalue weighted by molar-refractivity contribution is 0.224. The Kier molecular flexibility index (Phi) is 5.70. The molecule has 25 heavy (non-hydrogen) atoms. The molecule has 1 aliphatic rings. The van der Waals surface area contributed by atoms with Crippen LogP contribution in [0, 0.1) is 0 Å². The zero-order valence-electron chi connectivity index (χ0n) is 14.9. The van der Waals surface area contributed by atoms with Crippen LogP contribution in [-0.4, -0.2) is 46.3 Å². The highest BCUT2D eigenvalue weighted by atomic mass is 16.3. The van der Waals surface area contributed by atoms with E-state index in [1.165, 1.54) is 6.42 Å². The number of fused-ring (bicyclic) bond motifs is 1.